The number of aromatic nitrogens is 2. The molecule has 0 aromatic carbocycles. The summed E-state index contributed by atoms with van der Waals surface area (Å²) in [6.45, 7) is 5.86. The Labute approximate surface area is 114 Å². The Kier molecular flexibility index (Phi) is 3.42. The first kappa shape index (κ1) is 12.5. The van der Waals surface area contributed by atoms with Gasteiger partial charge in [-0.2, -0.15) is 0 Å². The summed E-state index contributed by atoms with van der Waals surface area (Å²) in [4.78, 5) is 7.08. The van der Waals surface area contributed by atoms with Crippen LogP contribution in [-0.2, 0) is 6.42 Å². The molecule has 0 spiro atoms. The lowest BCUT2D eigenvalue weighted by molar-refractivity contribution is 0.191. The largest absolute Gasteiger partial charge is 0.385 e. The van der Waals surface area contributed by atoms with Crippen LogP contribution in [0.2, 0.25) is 0 Å². The molecule has 3 heterocycles. The molecule has 4 heteroatoms. The number of fused-ring (bicyclic) bond motifs is 1. The summed E-state index contributed by atoms with van der Waals surface area (Å²) in [5.74, 6) is 2.65. The molecule has 102 valence electrons. The lowest BCUT2D eigenvalue weighted by atomic mass is 9.93. The summed E-state index contributed by atoms with van der Waals surface area (Å²) in [5, 5.41) is 0. The quantitative estimate of drug-likeness (QED) is 0.918. The molecule has 0 amide bonds. The highest BCUT2D eigenvalue weighted by molar-refractivity contribution is 5.53. The zero-order valence-corrected chi connectivity index (χ0v) is 11.5. The maximum absolute atomic E-state index is 6.06. The number of nitrogens with zero attached hydrogens (tertiary/aromatic N) is 3. The lowest BCUT2D eigenvalue weighted by Gasteiger charge is -2.30. The number of piperidine rings is 1. The van der Waals surface area contributed by atoms with Crippen LogP contribution in [0.3, 0.4) is 0 Å². The monoisotopic (exact) mass is 258 g/mol. The number of nitrogens with two attached hydrogens (primary N) is 1. The third kappa shape index (κ3) is 2.45. The summed E-state index contributed by atoms with van der Waals surface area (Å²) in [7, 11) is 0. The van der Waals surface area contributed by atoms with E-state index in [1.54, 1.807) is 0 Å². The van der Waals surface area contributed by atoms with Gasteiger partial charge in [0.15, 0.2) is 0 Å². The highest BCUT2D eigenvalue weighted by Gasteiger charge is 2.20. The molecule has 0 atom stereocenters. The lowest BCUT2D eigenvalue weighted by Crippen LogP contribution is -2.34. The van der Waals surface area contributed by atoms with E-state index in [1.807, 2.05) is 18.3 Å². The van der Waals surface area contributed by atoms with Gasteiger partial charge in [0.2, 0.25) is 0 Å². The number of anilines is 1. The Morgan fingerprint density at radius 2 is 2.11 bits per heavy atom. The summed E-state index contributed by atoms with van der Waals surface area (Å²) in [6.07, 6.45) is 5.51. The van der Waals surface area contributed by atoms with Gasteiger partial charge >= 0.3 is 0 Å². The average molecular weight is 258 g/mol. The summed E-state index contributed by atoms with van der Waals surface area (Å²) >= 11 is 0. The van der Waals surface area contributed by atoms with E-state index in [2.05, 4.69) is 27.3 Å². The van der Waals surface area contributed by atoms with Crippen molar-refractivity contribution in [3.63, 3.8) is 0 Å². The number of rotatable bonds is 3. The fraction of sp³-hybridized carbons (Fsp3) is 0.533. The number of likely N-dealkylation sites (tertiary alicyclic amines) is 1. The van der Waals surface area contributed by atoms with Crippen LogP contribution >= 0.6 is 0 Å². The SMILES string of the molecule is CCN1CCC(Cc2ncc3cccc(N)n23)CC1. The second-order valence-electron chi connectivity index (χ2n) is 5.47. The van der Waals surface area contributed by atoms with Crippen LogP contribution in [0.15, 0.2) is 24.4 Å². The van der Waals surface area contributed by atoms with Gasteiger partial charge < -0.3 is 10.6 Å². The smallest absolute Gasteiger partial charge is 0.115 e. The molecule has 19 heavy (non-hydrogen) atoms. The molecule has 1 fully saturated rings. The number of pyridine rings is 1. The molecular weight excluding hydrogens is 236 g/mol. The van der Waals surface area contributed by atoms with Crippen molar-refractivity contribution >= 4 is 11.3 Å². The van der Waals surface area contributed by atoms with Gasteiger partial charge in [0, 0.05) is 6.42 Å². The third-order valence-corrected chi connectivity index (χ3v) is 4.28. The first-order valence-corrected chi connectivity index (χ1v) is 7.21. The Hall–Kier alpha value is -1.55. The minimum atomic E-state index is 0.744. The maximum Gasteiger partial charge on any atom is 0.115 e. The minimum Gasteiger partial charge on any atom is -0.385 e. The predicted octanol–water partition coefficient (Wildman–Crippen LogP) is 2.19. The van der Waals surface area contributed by atoms with E-state index in [9.17, 15) is 0 Å². The Morgan fingerprint density at radius 3 is 2.84 bits per heavy atom. The summed E-state index contributed by atoms with van der Waals surface area (Å²) in [6, 6.07) is 5.99. The van der Waals surface area contributed by atoms with Crippen LogP contribution in [0.25, 0.3) is 5.52 Å². The molecule has 1 aliphatic heterocycles. The first-order chi connectivity index (χ1) is 9.28. The molecule has 0 aliphatic carbocycles. The van der Waals surface area contributed by atoms with Gasteiger partial charge in [-0.3, -0.25) is 4.40 Å². The van der Waals surface area contributed by atoms with E-state index in [-0.39, 0.29) is 0 Å². The minimum absolute atomic E-state index is 0.744. The molecule has 0 bridgehead atoms. The Balaban J connectivity index is 1.75. The maximum atomic E-state index is 6.06. The van der Waals surface area contributed by atoms with Crippen molar-refractivity contribution in [2.24, 2.45) is 5.92 Å². The van der Waals surface area contributed by atoms with Gasteiger partial charge in [0.25, 0.3) is 0 Å². The van der Waals surface area contributed by atoms with Crippen molar-refractivity contribution in [2.75, 3.05) is 25.4 Å². The second-order valence-corrected chi connectivity index (χ2v) is 5.47. The van der Waals surface area contributed by atoms with E-state index in [4.69, 9.17) is 5.73 Å². The number of imidazole rings is 1. The molecule has 0 radical (unpaired) electrons. The van der Waals surface area contributed by atoms with Crippen molar-refractivity contribution < 1.29 is 0 Å². The van der Waals surface area contributed by atoms with Crippen molar-refractivity contribution in [1.82, 2.24) is 14.3 Å². The zero-order chi connectivity index (χ0) is 13.2. The van der Waals surface area contributed by atoms with Gasteiger partial charge in [-0.25, -0.2) is 4.98 Å². The number of hydrogen-bond acceptors (Lipinski definition) is 3. The average Bonchev–Trinajstić information content (AvgIpc) is 2.84. The highest BCUT2D eigenvalue weighted by Crippen LogP contribution is 2.22. The molecule has 2 aromatic heterocycles. The van der Waals surface area contributed by atoms with Crippen LogP contribution in [0.4, 0.5) is 5.82 Å². The van der Waals surface area contributed by atoms with E-state index < -0.39 is 0 Å². The summed E-state index contributed by atoms with van der Waals surface area (Å²) < 4.78 is 2.09. The van der Waals surface area contributed by atoms with Gasteiger partial charge in [-0.15, -0.1) is 0 Å². The van der Waals surface area contributed by atoms with Crippen molar-refractivity contribution in [1.29, 1.82) is 0 Å². The van der Waals surface area contributed by atoms with Crippen LogP contribution in [0, 0.1) is 5.92 Å². The first-order valence-electron chi connectivity index (χ1n) is 7.21. The number of nitrogen functional groups attached to an aromatic ring is 1. The second kappa shape index (κ2) is 5.21. The molecule has 1 saturated heterocycles. The molecule has 0 unspecified atom stereocenters. The summed E-state index contributed by atoms with van der Waals surface area (Å²) in [5.41, 5.74) is 7.16. The van der Waals surface area contributed by atoms with Gasteiger partial charge in [0.05, 0.1) is 11.7 Å². The number of hydrogen-bond donors (Lipinski definition) is 1. The molecular formula is C15H22N4. The topological polar surface area (TPSA) is 46.6 Å². The van der Waals surface area contributed by atoms with E-state index in [0.29, 0.717) is 0 Å². The van der Waals surface area contributed by atoms with E-state index in [1.165, 1.54) is 32.5 Å². The van der Waals surface area contributed by atoms with Crippen molar-refractivity contribution in [2.45, 2.75) is 26.2 Å². The predicted molar refractivity (Wildman–Crippen MR) is 78.1 cm³/mol. The van der Waals surface area contributed by atoms with E-state index in [0.717, 1.165) is 29.5 Å². The molecule has 0 saturated carbocycles. The van der Waals surface area contributed by atoms with Gasteiger partial charge in [-0.1, -0.05) is 13.0 Å². The Bertz CT molecular complexity index is 552. The van der Waals surface area contributed by atoms with Crippen LogP contribution in [-0.4, -0.2) is 33.9 Å². The van der Waals surface area contributed by atoms with E-state index >= 15 is 0 Å². The zero-order valence-electron chi connectivity index (χ0n) is 11.5. The van der Waals surface area contributed by atoms with Crippen LogP contribution in [0.5, 0.6) is 0 Å². The highest BCUT2D eigenvalue weighted by atomic mass is 15.1. The molecule has 3 rings (SSSR count). The van der Waals surface area contributed by atoms with Gasteiger partial charge in [-0.05, 0) is 50.5 Å². The third-order valence-electron chi connectivity index (χ3n) is 4.28. The molecule has 2 aromatic rings. The fourth-order valence-electron chi connectivity index (χ4n) is 3.05. The fourth-order valence-corrected chi connectivity index (χ4v) is 3.05. The molecule has 2 N–H and O–H groups in total. The van der Waals surface area contributed by atoms with Gasteiger partial charge in [0.1, 0.15) is 11.6 Å². The van der Waals surface area contributed by atoms with Crippen molar-refractivity contribution in [3.05, 3.63) is 30.2 Å². The molecule has 1 aliphatic rings. The molecule has 4 nitrogen and oxygen atoms in total. The van der Waals surface area contributed by atoms with Crippen LogP contribution < -0.4 is 5.73 Å². The Morgan fingerprint density at radius 1 is 1.32 bits per heavy atom. The van der Waals surface area contributed by atoms with Crippen molar-refractivity contribution in [3.8, 4) is 0 Å². The normalized spacial score (nSPS) is 18.2. The standard InChI is InChI=1S/C15H22N4/c1-2-18-8-6-12(7-9-18)10-15-17-11-13-4-3-5-14(16)19(13)15/h3-5,11-12H,2,6-10,16H2,1H3. The van der Waals surface area contributed by atoms with Crippen LogP contribution in [0.1, 0.15) is 25.6 Å².